The molecule has 0 bridgehead atoms. The molecule has 1 aromatic heterocycles. The van der Waals surface area contributed by atoms with E-state index in [-0.39, 0.29) is 0 Å². The number of hydrogen-bond donors (Lipinski definition) is 0. The smallest absolute Gasteiger partial charge is 0.198 e. The largest absolute Gasteiger partial charge is 0.449 e. The minimum atomic E-state index is 0.557. The highest BCUT2D eigenvalue weighted by Gasteiger charge is 2.04. The minimum Gasteiger partial charge on any atom is -0.449 e. The van der Waals surface area contributed by atoms with Gasteiger partial charge in [-0.15, -0.1) is 0 Å². The van der Waals surface area contributed by atoms with Crippen molar-refractivity contribution in [1.29, 1.82) is 0 Å². The molecule has 70 valence electrons. The molecule has 0 unspecified atom stereocenters. The van der Waals surface area contributed by atoms with Crippen LogP contribution in [-0.2, 0) is 6.42 Å². The first-order valence-corrected chi connectivity index (χ1v) is 4.31. The van der Waals surface area contributed by atoms with E-state index in [0.717, 1.165) is 11.8 Å². The number of carbonyl (C=O) groups is 1. The number of oxazole rings is 1. The molecule has 3 heteroatoms. The van der Waals surface area contributed by atoms with E-state index >= 15 is 0 Å². The SMILES string of the molecule is O=Cc1ccccc1Cc1ncco1. The fourth-order valence-corrected chi connectivity index (χ4v) is 1.31. The van der Waals surface area contributed by atoms with E-state index in [1.165, 1.54) is 6.26 Å². The molecule has 0 aliphatic heterocycles. The first-order chi connectivity index (χ1) is 6.90. The third-order valence-electron chi connectivity index (χ3n) is 2.01. The maximum Gasteiger partial charge on any atom is 0.198 e. The summed E-state index contributed by atoms with van der Waals surface area (Å²) in [4.78, 5) is 14.7. The van der Waals surface area contributed by atoms with E-state index in [1.807, 2.05) is 18.2 Å². The molecule has 1 aromatic carbocycles. The molecule has 0 spiro atoms. The number of aldehydes is 1. The molecule has 0 N–H and O–H groups in total. The molecule has 14 heavy (non-hydrogen) atoms. The van der Waals surface area contributed by atoms with Crippen molar-refractivity contribution in [3.63, 3.8) is 0 Å². The summed E-state index contributed by atoms with van der Waals surface area (Å²) < 4.78 is 5.11. The number of nitrogens with zero attached hydrogens (tertiary/aromatic N) is 1. The number of benzene rings is 1. The van der Waals surface area contributed by atoms with Gasteiger partial charge in [-0.3, -0.25) is 4.79 Å². The van der Waals surface area contributed by atoms with Crippen LogP contribution in [0.5, 0.6) is 0 Å². The zero-order valence-electron chi connectivity index (χ0n) is 7.51. The van der Waals surface area contributed by atoms with Gasteiger partial charge in [0, 0.05) is 5.56 Å². The van der Waals surface area contributed by atoms with Crippen molar-refractivity contribution in [1.82, 2.24) is 4.98 Å². The van der Waals surface area contributed by atoms with Gasteiger partial charge in [-0.2, -0.15) is 0 Å². The minimum absolute atomic E-state index is 0.557. The van der Waals surface area contributed by atoms with Crippen LogP contribution in [0.1, 0.15) is 21.8 Å². The summed E-state index contributed by atoms with van der Waals surface area (Å²) in [5.41, 5.74) is 1.62. The Hall–Kier alpha value is -1.90. The molecular weight excluding hydrogens is 178 g/mol. The van der Waals surface area contributed by atoms with Crippen LogP contribution in [0.25, 0.3) is 0 Å². The van der Waals surface area contributed by atoms with Crippen molar-refractivity contribution >= 4 is 6.29 Å². The Morgan fingerprint density at radius 2 is 2.21 bits per heavy atom. The van der Waals surface area contributed by atoms with E-state index < -0.39 is 0 Å². The predicted molar refractivity (Wildman–Crippen MR) is 51.1 cm³/mol. The Balaban J connectivity index is 2.28. The number of hydrogen-bond acceptors (Lipinski definition) is 3. The summed E-state index contributed by atoms with van der Waals surface area (Å²) in [6, 6.07) is 7.41. The average molecular weight is 187 g/mol. The molecule has 0 aliphatic rings. The summed E-state index contributed by atoms with van der Waals surface area (Å²) in [6.07, 6.45) is 4.53. The molecule has 0 atom stereocenters. The Morgan fingerprint density at radius 3 is 2.93 bits per heavy atom. The summed E-state index contributed by atoms with van der Waals surface area (Å²) in [5.74, 6) is 0.624. The molecule has 0 amide bonds. The molecule has 1 heterocycles. The van der Waals surface area contributed by atoms with Crippen LogP contribution in [0.15, 0.2) is 41.1 Å². The van der Waals surface area contributed by atoms with E-state index in [9.17, 15) is 4.79 Å². The zero-order chi connectivity index (χ0) is 9.80. The fraction of sp³-hybridized carbons (Fsp3) is 0.0909. The van der Waals surface area contributed by atoms with Gasteiger partial charge in [0.1, 0.15) is 12.5 Å². The van der Waals surface area contributed by atoms with Gasteiger partial charge >= 0.3 is 0 Å². The molecule has 2 rings (SSSR count). The second-order valence-electron chi connectivity index (χ2n) is 2.92. The molecule has 0 saturated heterocycles. The monoisotopic (exact) mass is 187 g/mol. The van der Waals surface area contributed by atoms with Gasteiger partial charge in [-0.25, -0.2) is 4.98 Å². The number of aromatic nitrogens is 1. The van der Waals surface area contributed by atoms with Crippen LogP contribution in [0.4, 0.5) is 0 Å². The molecular formula is C11H9NO2. The van der Waals surface area contributed by atoms with Gasteiger partial charge in [0.2, 0.25) is 0 Å². The van der Waals surface area contributed by atoms with Crippen molar-refractivity contribution < 1.29 is 9.21 Å². The standard InChI is InChI=1S/C11H9NO2/c13-8-10-4-2-1-3-9(10)7-11-12-5-6-14-11/h1-6,8H,7H2. The average Bonchev–Trinajstić information content (AvgIpc) is 2.71. The van der Waals surface area contributed by atoms with E-state index in [2.05, 4.69) is 4.98 Å². The summed E-state index contributed by atoms with van der Waals surface area (Å²) in [7, 11) is 0. The molecule has 0 saturated carbocycles. The normalized spacial score (nSPS) is 10.0. The Labute approximate surface area is 81.4 Å². The second kappa shape index (κ2) is 3.87. The molecule has 0 aliphatic carbocycles. The van der Waals surface area contributed by atoms with E-state index in [0.29, 0.717) is 17.9 Å². The first-order valence-electron chi connectivity index (χ1n) is 4.31. The predicted octanol–water partition coefficient (Wildman–Crippen LogP) is 2.08. The lowest BCUT2D eigenvalue weighted by Crippen LogP contribution is -1.93. The maximum atomic E-state index is 10.7. The summed E-state index contributed by atoms with van der Waals surface area (Å²) in [5, 5.41) is 0. The van der Waals surface area contributed by atoms with Gasteiger partial charge in [0.15, 0.2) is 5.89 Å². The summed E-state index contributed by atoms with van der Waals surface area (Å²) in [6.45, 7) is 0. The van der Waals surface area contributed by atoms with E-state index in [1.54, 1.807) is 12.3 Å². The lowest BCUT2D eigenvalue weighted by atomic mass is 10.1. The van der Waals surface area contributed by atoms with Crippen LogP contribution in [0.3, 0.4) is 0 Å². The Morgan fingerprint density at radius 1 is 1.36 bits per heavy atom. The number of rotatable bonds is 3. The Bertz CT molecular complexity index is 421. The van der Waals surface area contributed by atoms with Crippen LogP contribution < -0.4 is 0 Å². The third kappa shape index (κ3) is 1.71. The molecule has 0 radical (unpaired) electrons. The third-order valence-corrected chi connectivity index (χ3v) is 2.01. The van der Waals surface area contributed by atoms with Crippen LogP contribution in [0.2, 0.25) is 0 Å². The topological polar surface area (TPSA) is 43.1 Å². The van der Waals surface area contributed by atoms with Crippen molar-refractivity contribution in [3.8, 4) is 0 Å². The highest BCUT2D eigenvalue weighted by Crippen LogP contribution is 2.11. The highest BCUT2D eigenvalue weighted by atomic mass is 16.3. The molecule has 3 nitrogen and oxygen atoms in total. The first kappa shape index (κ1) is 8.69. The van der Waals surface area contributed by atoms with Crippen molar-refractivity contribution in [2.45, 2.75) is 6.42 Å². The van der Waals surface area contributed by atoms with Gasteiger partial charge < -0.3 is 4.42 Å². The lowest BCUT2D eigenvalue weighted by Gasteiger charge is -2.00. The van der Waals surface area contributed by atoms with Crippen molar-refractivity contribution in [3.05, 3.63) is 53.7 Å². The van der Waals surface area contributed by atoms with Gasteiger partial charge in [0.25, 0.3) is 0 Å². The summed E-state index contributed by atoms with van der Waals surface area (Å²) >= 11 is 0. The van der Waals surface area contributed by atoms with Gasteiger partial charge in [-0.1, -0.05) is 24.3 Å². The second-order valence-corrected chi connectivity index (χ2v) is 2.92. The zero-order valence-corrected chi connectivity index (χ0v) is 7.51. The van der Waals surface area contributed by atoms with Crippen LogP contribution in [0, 0.1) is 0 Å². The maximum absolute atomic E-state index is 10.7. The van der Waals surface area contributed by atoms with Crippen molar-refractivity contribution in [2.75, 3.05) is 0 Å². The number of carbonyl (C=O) groups excluding carboxylic acids is 1. The van der Waals surface area contributed by atoms with Crippen LogP contribution in [-0.4, -0.2) is 11.3 Å². The highest BCUT2D eigenvalue weighted by molar-refractivity contribution is 5.77. The van der Waals surface area contributed by atoms with E-state index in [4.69, 9.17) is 4.42 Å². The fourth-order valence-electron chi connectivity index (χ4n) is 1.31. The quantitative estimate of drug-likeness (QED) is 0.691. The molecule has 0 fully saturated rings. The van der Waals surface area contributed by atoms with Gasteiger partial charge in [0.05, 0.1) is 12.6 Å². The Kier molecular flexibility index (Phi) is 2.40. The van der Waals surface area contributed by atoms with Gasteiger partial charge in [-0.05, 0) is 5.56 Å². The lowest BCUT2D eigenvalue weighted by molar-refractivity contribution is 0.112. The molecule has 2 aromatic rings. The van der Waals surface area contributed by atoms with Crippen molar-refractivity contribution in [2.24, 2.45) is 0 Å². The van der Waals surface area contributed by atoms with Crippen LogP contribution >= 0.6 is 0 Å².